The predicted octanol–water partition coefficient (Wildman–Crippen LogP) is -0.652. The van der Waals surface area contributed by atoms with Crippen LogP contribution in [0.4, 0.5) is 0 Å². The maximum absolute atomic E-state index is 11.4. The van der Waals surface area contributed by atoms with Gasteiger partial charge in [0.2, 0.25) is 5.91 Å². The molecule has 7 heteroatoms. The molecule has 1 atom stereocenters. The van der Waals surface area contributed by atoms with Gasteiger partial charge >= 0.3 is 5.97 Å². The molecule has 7 nitrogen and oxygen atoms in total. The van der Waals surface area contributed by atoms with Gasteiger partial charge in [-0.15, -0.1) is 0 Å². The van der Waals surface area contributed by atoms with Gasteiger partial charge in [-0.25, -0.2) is 4.79 Å². The van der Waals surface area contributed by atoms with Crippen molar-refractivity contribution >= 4 is 11.9 Å². The molecule has 0 heterocycles. The first-order valence-corrected chi connectivity index (χ1v) is 5.90. The Bertz CT molecular complexity index is 248. The van der Waals surface area contributed by atoms with Gasteiger partial charge in [0.15, 0.2) is 0 Å². The van der Waals surface area contributed by atoms with Crippen LogP contribution in [-0.2, 0) is 19.1 Å². The third kappa shape index (κ3) is 8.91. The number of amides is 1. The summed E-state index contributed by atoms with van der Waals surface area (Å²) >= 11 is 0. The average molecular weight is 262 g/mol. The summed E-state index contributed by atoms with van der Waals surface area (Å²) in [6.07, 6.45) is 1.78. The molecule has 0 aliphatic carbocycles. The highest BCUT2D eigenvalue weighted by atomic mass is 16.5. The number of nitrogens with two attached hydrogens (primary N) is 1. The molecular formula is C11H22N2O5. The van der Waals surface area contributed by atoms with E-state index in [2.05, 4.69) is 5.32 Å². The first kappa shape index (κ1) is 16.8. The Hall–Kier alpha value is -1.18. The van der Waals surface area contributed by atoms with Gasteiger partial charge in [0.25, 0.3) is 0 Å². The summed E-state index contributed by atoms with van der Waals surface area (Å²) in [5, 5.41) is 11.3. The van der Waals surface area contributed by atoms with Crippen molar-refractivity contribution in [1.29, 1.82) is 0 Å². The fraction of sp³-hybridized carbons (Fsp3) is 0.818. The SMILES string of the molecule is COCCOCC(=O)N[C@@H](CCCCN)C(=O)O. The molecule has 0 saturated heterocycles. The minimum atomic E-state index is -1.04. The van der Waals surface area contributed by atoms with Crippen LogP contribution in [0.1, 0.15) is 19.3 Å². The summed E-state index contributed by atoms with van der Waals surface area (Å²) in [5.41, 5.74) is 5.32. The highest BCUT2D eigenvalue weighted by molar-refractivity contribution is 5.84. The van der Waals surface area contributed by atoms with Crippen LogP contribution in [0.5, 0.6) is 0 Å². The third-order valence-electron chi connectivity index (χ3n) is 2.25. The first-order chi connectivity index (χ1) is 8.61. The number of rotatable bonds is 11. The van der Waals surface area contributed by atoms with Crippen LogP contribution >= 0.6 is 0 Å². The number of methoxy groups -OCH3 is 1. The van der Waals surface area contributed by atoms with E-state index in [1.54, 1.807) is 0 Å². The molecule has 0 bridgehead atoms. The summed E-state index contributed by atoms with van der Waals surface area (Å²) in [6, 6.07) is -0.880. The molecule has 0 radical (unpaired) electrons. The van der Waals surface area contributed by atoms with Gasteiger partial charge in [0.1, 0.15) is 12.6 Å². The van der Waals surface area contributed by atoms with Crippen LogP contribution in [0.25, 0.3) is 0 Å². The van der Waals surface area contributed by atoms with Crippen molar-refractivity contribution < 1.29 is 24.2 Å². The Morgan fingerprint density at radius 3 is 2.61 bits per heavy atom. The van der Waals surface area contributed by atoms with Crippen LogP contribution in [0.3, 0.4) is 0 Å². The second-order valence-corrected chi connectivity index (χ2v) is 3.79. The molecule has 0 unspecified atom stereocenters. The number of aliphatic carboxylic acids is 1. The second-order valence-electron chi connectivity index (χ2n) is 3.79. The molecule has 0 aromatic heterocycles. The van der Waals surface area contributed by atoms with Crippen LogP contribution in [0, 0.1) is 0 Å². The number of hydrogen-bond acceptors (Lipinski definition) is 5. The van der Waals surface area contributed by atoms with Gasteiger partial charge < -0.3 is 25.6 Å². The average Bonchev–Trinajstić information content (AvgIpc) is 2.33. The van der Waals surface area contributed by atoms with E-state index in [9.17, 15) is 9.59 Å². The largest absolute Gasteiger partial charge is 0.480 e. The maximum Gasteiger partial charge on any atom is 0.326 e. The van der Waals surface area contributed by atoms with Crippen molar-refractivity contribution in [3.05, 3.63) is 0 Å². The number of unbranched alkanes of at least 4 members (excludes halogenated alkanes) is 1. The van der Waals surface area contributed by atoms with Gasteiger partial charge in [-0.1, -0.05) is 0 Å². The number of carbonyl (C=O) groups excluding carboxylic acids is 1. The van der Waals surface area contributed by atoms with Gasteiger partial charge in [-0.3, -0.25) is 4.79 Å². The van der Waals surface area contributed by atoms with E-state index in [0.29, 0.717) is 32.6 Å². The normalized spacial score (nSPS) is 12.1. The molecule has 106 valence electrons. The summed E-state index contributed by atoms with van der Waals surface area (Å²) in [6.45, 7) is 1.05. The minimum absolute atomic E-state index is 0.163. The Labute approximate surface area is 107 Å². The van der Waals surface area contributed by atoms with Crippen molar-refractivity contribution in [2.24, 2.45) is 5.73 Å². The minimum Gasteiger partial charge on any atom is -0.480 e. The molecule has 0 saturated carbocycles. The number of nitrogens with one attached hydrogen (secondary N) is 1. The summed E-state index contributed by atoms with van der Waals surface area (Å²) in [5.74, 6) is -1.48. The number of carboxylic acids is 1. The molecule has 0 aliphatic rings. The Morgan fingerprint density at radius 2 is 2.06 bits per heavy atom. The number of carbonyl (C=O) groups is 2. The highest BCUT2D eigenvalue weighted by Crippen LogP contribution is 2.00. The molecule has 0 spiro atoms. The Morgan fingerprint density at radius 1 is 1.33 bits per heavy atom. The lowest BCUT2D eigenvalue weighted by molar-refractivity contribution is -0.142. The number of ether oxygens (including phenoxy) is 2. The van der Waals surface area contributed by atoms with Crippen LogP contribution in [0.15, 0.2) is 0 Å². The topological polar surface area (TPSA) is 111 Å². The smallest absolute Gasteiger partial charge is 0.326 e. The van der Waals surface area contributed by atoms with Gasteiger partial charge in [-0.05, 0) is 25.8 Å². The molecule has 4 N–H and O–H groups in total. The first-order valence-electron chi connectivity index (χ1n) is 5.90. The van der Waals surface area contributed by atoms with Crippen molar-refractivity contribution in [2.45, 2.75) is 25.3 Å². The zero-order chi connectivity index (χ0) is 13.8. The molecule has 0 aliphatic heterocycles. The van der Waals surface area contributed by atoms with E-state index in [0.717, 1.165) is 6.42 Å². The van der Waals surface area contributed by atoms with Crippen LogP contribution < -0.4 is 11.1 Å². The maximum atomic E-state index is 11.4. The lowest BCUT2D eigenvalue weighted by Gasteiger charge is -2.14. The number of carboxylic acid groups (broad SMARTS) is 1. The van der Waals surface area contributed by atoms with E-state index in [4.69, 9.17) is 20.3 Å². The molecule has 1 amide bonds. The Kier molecular flexibility index (Phi) is 10.2. The van der Waals surface area contributed by atoms with Crippen LogP contribution in [-0.4, -0.2) is 56.5 Å². The molecule has 0 rings (SSSR count). The molecule has 0 fully saturated rings. The van der Waals surface area contributed by atoms with E-state index in [1.807, 2.05) is 0 Å². The molecular weight excluding hydrogens is 240 g/mol. The van der Waals surface area contributed by atoms with Gasteiger partial charge in [-0.2, -0.15) is 0 Å². The van der Waals surface area contributed by atoms with Gasteiger partial charge in [0, 0.05) is 7.11 Å². The van der Waals surface area contributed by atoms with Crippen molar-refractivity contribution in [2.75, 3.05) is 33.5 Å². The quantitative estimate of drug-likeness (QED) is 0.427. The van der Waals surface area contributed by atoms with Crippen molar-refractivity contribution in [1.82, 2.24) is 5.32 Å². The summed E-state index contributed by atoms with van der Waals surface area (Å²) < 4.78 is 9.74. The predicted molar refractivity (Wildman–Crippen MR) is 65.2 cm³/mol. The molecule has 0 aromatic carbocycles. The van der Waals surface area contributed by atoms with E-state index >= 15 is 0 Å². The zero-order valence-corrected chi connectivity index (χ0v) is 10.7. The van der Waals surface area contributed by atoms with Crippen molar-refractivity contribution in [3.8, 4) is 0 Å². The second kappa shape index (κ2) is 10.9. The molecule has 0 aromatic rings. The molecule has 18 heavy (non-hydrogen) atoms. The number of hydrogen-bond donors (Lipinski definition) is 3. The lowest BCUT2D eigenvalue weighted by Crippen LogP contribution is -2.42. The van der Waals surface area contributed by atoms with E-state index in [-0.39, 0.29) is 6.61 Å². The van der Waals surface area contributed by atoms with Crippen LogP contribution in [0.2, 0.25) is 0 Å². The monoisotopic (exact) mass is 262 g/mol. The third-order valence-corrected chi connectivity index (χ3v) is 2.25. The lowest BCUT2D eigenvalue weighted by atomic mass is 10.1. The van der Waals surface area contributed by atoms with E-state index < -0.39 is 17.9 Å². The Balaban J connectivity index is 3.85. The standard InChI is InChI=1S/C11H22N2O5/c1-17-6-7-18-8-10(14)13-9(11(15)16)4-2-3-5-12/h9H,2-8,12H2,1H3,(H,13,14)(H,15,16)/t9-/m0/s1. The summed E-state index contributed by atoms with van der Waals surface area (Å²) in [4.78, 5) is 22.3. The summed E-state index contributed by atoms with van der Waals surface area (Å²) in [7, 11) is 1.53. The zero-order valence-electron chi connectivity index (χ0n) is 10.7. The van der Waals surface area contributed by atoms with Crippen molar-refractivity contribution in [3.63, 3.8) is 0 Å². The fourth-order valence-corrected chi connectivity index (χ4v) is 1.29. The van der Waals surface area contributed by atoms with E-state index in [1.165, 1.54) is 7.11 Å². The highest BCUT2D eigenvalue weighted by Gasteiger charge is 2.19. The fourth-order valence-electron chi connectivity index (χ4n) is 1.29. The van der Waals surface area contributed by atoms with Gasteiger partial charge in [0.05, 0.1) is 13.2 Å².